The van der Waals surface area contributed by atoms with Crippen molar-refractivity contribution in [2.75, 3.05) is 0 Å². The summed E-state index contributed by atoms with van der Waals surface area (Å²) in [4.78, 5) is 0. The summed E-state index contributed by atoms with van der Waals surface area (Å²) >= 11 is 1.81. The van der Waals surface area contributed by atoms with Crippen LogP contribution in [0.5, 0.6) is 0 Å². The second-order valence-corrected chi connectivity index (χ2v) is 7.14. The zero-order chi connectivity index (χ0) is 15.1. The second-order valence-electron chi connectivity index (χ2n) is 6.19. The highest BCUT2D eigenvalue weighted by molar-refractivity contribution is 7.17. The van der Waals surface area contributed by atoms with Crippen LogP contribution in [-0.4, -0.2) is 9.78 Å². The highest BCUT2D eigenvalue weighted by Crippen LogP contribution is 2.32. The molecule has 1 aliphatic carbocycles. The van der Waals surface area contributed by atoms with Gasteiger partial charge in [-0.1, -0.05) is 6.07 Å². The summed E-state index contributed by atoms with van der Waals surface area (Å²) in [6, 6.07) is 9.42. The summed E-state index contributed by atoms with van der Waals surface area (Å²) < 4.78 is 3.43. The Hall–Kier alpha value is -1.65. The Bertz CT molecular complexity index is 815. The Kier molecular flexibility index (Phi) is 3.51. The zero-order valence-electron chi connectivity index (χ0n) is 13.1. The van der Waals surface area contributed by atoms with Crippen molar-refractivity contribution in [3.8, 4) is 0 Å². The Morgan fingerprint density at radius 2 is 2.27 bits per heavy atom. The predicted octanol–water partition coefficient (Wildman–Crippen LogP) is 4.11. The van der Waals surface area contributed by atoms with Gasteiger partial charge in [-0.05, 0) is 60.7 Å². The number of thiophene rings is 1. The van der Waals surface area contributed by atoms with E-state index in [2.05, 4.69) is 58.7 Å². The maximum absolute atomic E-state index is 4.61. The molecule has 0 amide bonds. The molecule has 1 unspecified atom stereocenters. The highest BCUT2D eigenvalue weighted by atomic mass is 32.1. The molecule has 1 aromatic carbocycles. The molecule has 1 N–H and O–H groups in total. The highest BCUT2D eigenvalue weighted by Gasteiger charge is 2.25. The van der Waals surface area contributed by atoms with Crippen LogP contribution in [-0.2, 0) is 20.0 Å². The third-order valence-electron chi connectivity index (χ3n) is 4.72. The molecule has 3 nitrogen and oxygen atoms in total. The van der Waals surface area contributed by atoms with Crippen LogP contribution in [0.3, 0.4) is 0 Å². The SMILES string of the molecule is Cc1nn(C)c2c1C(NCc1ccc3sccc3c1)CCC2. The van der Waals surface area contributed by atoms with Crippen molar-refractivity contribution >= 4 is 21.4 Å². The van der Waals surface area contributed by atoms with E-state index in [1.807, 2.05) is 0 Å². The standard InChI is InChI=1S/C18H21N3S/c1-12-18-15(4-3-5-16(18)21(2)20-12)19-11-13-6-7-17-14(10-13)8-9-22-17/h6-10,15,19H,3-5,11H2,1-2H3. The lowest BCUT2D eigenvalue weighted by Crippen LogP contribution is -2.25. The van der Waals surface area contributed by atoms with Crippen LogP contribution < -0.4 is 5.32 Å². The van der Waals surface area contributed by atoms with Crippen LogP contribution in [0, 0.1) is 6.92 Å². The number of rotatable bonds is 3. The quantitative estimate of drug-likeness (QED) is 0.789. The molecule has 3 aromatic rings. The maximum atomic E-state index is 4.61. The Balaban J connectivity index is 1.55. The van der Waals surface area contributed by atoms with Crippen LogP contribution in [0.2, 0.25) is 0 Å². The molecule has 2 aromatic heterocycles. The molecule has 1 aliphatic rings. The Morgan fingerprint density at radius 3 is 3.18 bits per heavy atom. The van der Waals surface area contributed by atoms with Crippen molar-refractivity contribution in [2.45, 2.75) is 38.8 Å². The molecule has 0 saturated heterocycles. The number of fused-ring (bicyclic) bond motifs is 2. The van der Waals surface area contributed by atoms with Crippen LogP contribution in [0.1, 0.15) is 41.4 Å². The van der Waals surface area contributed by atoms with Crippen molar-refractivity contribution in [1.82, 2.24) is 15.1 Å². The fraction of sp³-hybridized carbons (Fsp3) is 0.389. The van der Waals surface area contributed by atoms with Gasteiger partial charge < -0.3 is 5.32 Å². The molecular weight excluding hydrogens is 290 g/mol. The van der Waals surface area contributed by atoms with E-state index in [1.54, 1.807) is 11.3 Å². The number of hydrogen-bond acceptors (Lipinski definition) is 3. The van der Waals surface area contributed by atoms with Crippen molar-refractivity contribution in [2.24, 2.45) is 7.05 Å². The van der Waals surface area contributed by atoms with Crippen LogP contribution >= 0.6 is 11.3 Å². The zero-order valence-corrected chi connectivity index (χ0v) is 13.9. The molecule has 0 radical (unpaired) electrons. The summed E-state index contributed by atoms with van der Waals surface area (Å²) in [6.07, 6.45) is 3.61. The molecule has 22 heavy (non-hydrogen) atoms. The Morgan fingerprint density at radius 1 is 1.36 bits per heavy atom. The van der Waals surface area contributed by atoms with Gasteiger partial charge in [-0.25, -0.2) is 0 Å². The van der Waals surface area contributed by atoms with E-state index in [4.69, 9.17) is 0 Å². The smallest absolute Gasteiger partial charge is 0.0644 e. The fourth-order valence-corrected chi connectivity index (χ4v) is 4.43. The van der Waals surface area contributed by atoms with Crippen molar-refractivity contribution in [3.63, 3.8) is 0 Å². The van der Waals surface area contributed by atoms with Gasteiger partial charge in [0.1, 0.15) is 0 Å². The maximum Gasteiger partial charge on any atom is 0.0644 e. The largest absolute Gasteiger partial charge is 0.306 e. The summed E-state index contributed by atoms with van der Waals surface area (Å²) in [5, 5.41) is 11.9. The molecule has 1 atom stereocenters. The minimum Gasteiger partial charge on any atom is -0.306 e. The molecule has 2 heterocycles. The summed E-state index contributed by atoms with van der Waals surface area (Å²) in [6.45, 7) is 3.06. The lowest BCUT2D eigenvalue weighted by Gasteiger charge is -2.24. The van der Waals surface area contributed by atoms with Crippen molar-refractivity contribution in [1.29, 1.82) is 0 Å². The number of nitrogens with one attached hydrogen (secondary N) is 1. The lowest BCUT2D eigenvalue weighted by molar-refractivity contribution is 0.451. The van der Waals surface area contributed by atoms with E-state index in [9.17, 15) is 0 Å². The van der Waals surface area contributed by atoms with E-state index >= 15 is 0 Å². The van der Waals surface area contributed by atoms with E-state index in [0.29, 0.717) is 6.04 Å². The molecule has 4 heteroatoms. The number of aryl methyl sites for hydroxylation is 2. The van der Waals surface area contributed by atoms with Gasteiger partial charge in [0.05, 0.1) is 5.69 Å². The summed E-state index contributed by atoms with van der Waals surface area (Å²) in [5.74, 6) is 0. The van der Waals surface area contributed by atoms with Gasteiger partial charge in [-0.3, -0.25) is 4.68 Å². The van der Waals surface area contributed by atoms with Crippen molar-refractivity contribution < 1.29 is 0 Å². The molecule has 0 spiro atoms. The third-order valence-corrected chi connectivity index (χ3v) is 5.61. The minimum atomic E-state index is 0.440. The number of aromatic nitrogens is 2. The topological polar surface area (TPSA) is 29.9 Å². The molecule has 0 saturated carbocycles. The molecular formula is C18H21N3S. The van der Waals surface area contributed by atoms with Gasteiger partial charge in [0, 0.05) is 35.6 Å². The molecule has 0 aliphatic heterocycles. The monoisotopic (exact) mass is 311 g/mol. The molecule has 0 fully saturated rings. The van der Waals surface area contributed by atoms with E-state index in [-0.39, 0.29) is 0 Å². The molecule has 0 bridgehead atoms. The van der Waals surface area contributed by atoms with Crippen LogP contribution in [0.4, 0.5) is 0 Å². The molecule has 4 rings (SSSR count). The number of hydrogen-bond donors (Lipinski definition) is 1. The first-order valence-corrected chi connectivity index (χ1v) is 8.82. The fourth-order valence-electron chi connectivity index (χ4n) is 3.66. The lowest BCUT2D eigenvalue weighted by atomic mass is 9.91. The minimum absolute atomic E-state index is 0.440. The van der Waals surface area contributed by atoms with Crippen molar-refractivity contribution in [3.05, 3.63) is 52.2 Å². The first kappa shape index (κ1) is 14.0. The summed E-state index contributed by atoms with van der Waals surface area (Å²) in [5.41, 5.74) is 5.39. The van der Waals surface area contributed by atoms with Gasteiger partial charge >= 0.3 is 0 Å². The van der Waals surface area contributed by atoms with E-state index in [1.165, 1.54) is 45.4 Å². The number of benzene rings is 1. The third kappa shape index (κ3) is 2.36. The second kappa shape index (κ2) is 5.52. The normalized spacial score (nSPS) is 17.8. The Labute approximate surface area is 135 Å². The van der Waals surface area contributed by atoms with Gasteiger partial charge in [-0.15, -0.1) is 11.3 Å². The summed E-state index contributed by atoms with van der Waals surface area (Å²) in [7, 11) is 2.07. The predicted molar refractivity (Wildman–Crippen MR) is 92.3 cm³/mol. The van der Waals surface area contributed by atoms with Gasteiger partial charge in [0.15, 0.2) is 0 Å². The first-order chi connectivity index (χ1) is 10.7. The first-order valence-electron chi connectivity index (χ1n) is 7.94. The van der Waals surface area contributed by atoms with Gasteiger partial charge in [0.2, 0.25) is 0 Å². The van der Waals surface area contributed by atoms with Crippen LogP contribution in [0.25, 0.3) is 10.1 Å². The van der Waals surface area contributed by atoms with E-state index < -0.39 is 0 Å². The van der Waals surface area contributed by atoms with Crippen LogP contribution in [0.15, 0.2) is 29.6 Å². The average Bonchev–Trinajstić information content (AvgIpc) is 3.10. The van der Waals surface area contributed by atoms with E-state index in [0.717, 1.165) is 13.0 Å². The average molecular weight is 311 g/mol. The van der Waals surface area contributed by atoms with Gasteiger partial charge in [0.25, 0.3) is 0 Å². The number of nitrogens with zero attached hydrogens (tertiary/aromatic N) is 2. The van der Waals surface area contributed by atoms with Gasteiger partial charge in [-0.2, -0.15) is 5.10 Å². The molecule has 114 valence electrons.